The number of aromatic nitrogens is 1. The van der Waals surface area contributed by atoms with Crippen LogP contribution in [0.4, 0.5) is 10.6 Å². The minimum absolute atomic E-state index is 0.0911. The summed E-state index contributed by atoms with van der Waals surface area (Å²) in [5.74, 6) is 2.07. The molecule has 0 aliphatic carbocycles. The topological polar surface area (TPSA) is 72.3 Å². The molecule has 0 spiro atoms. The maximum atomic E-state index is 12.5. The molecule has 3 rings (SSSR count). The van der Waals surface area contributed by atoms with E-state index in [1.165, 1.54) is 6.42 Å². The van der Waals surface area contributed by atoms with Crippen LogP contribution in [-0.4, -0.2) is 48.1 Å². The van der Waals surface area contributed by atoms with Gasteiger partial charge in [-0.1, -0.05) is 13.8 Å². The summed E-state index contributed by atoms with van der Waals surface area (Å²) < 4.78 is 0. The molecule has 25 heavy (non-hydrogen) atoms. The molecule has 2 fully saturated rings. The maximum absolute atomic E-state index is 12.5. The van der Waals surface area contributed by atoms with Gasteiger partial charge in [0.2, 0.25) is 0 Å². The standard InChI is InChI=1S/C19H27N5O/c1-14-9-15(2)13-24(12-14)19(25)22-17-5-7-23(8-6-17)18-4-3-16(10-20)11-21-18/h3-4,11,14-15,17H,5-9,12-13H2,1-2H3,(H,22,25)/t14-,15-/m0/s1. The van der Waals surface area contributed by atoms with Crippen LogP contribution in [-0.2, 0) is 0 Å². The molecule has 2 aliphatic heterocycles. The number of hydrogen-bond acceptors (Lipinski definition) is 4. The number of nitrogens with zero attached hydrogens (tertiary/aromatic N) is 4. The molecule has 134 valence electrons. The van der Waals surface area contributed by atoms with E-state index in [1.807, 2.05) is 11.0 Å². The van der Waals surface area contributed by atoms with E-state index < -0.39 is 0 Å². The highest BCUT2D eigenvalue weighted by Crippen LogP contribution is 2.22. The first-order chi connectivity index (χ1) is 12.0. The van der Waals surface area contributed by atoms with E-state index in [0.717, 1.165) is 44.8 Å². The lowest BCUT2D eigenvalue weighted by Gasteiger charge is -2.38. The average molecular weight is 341 g/mol. The van der Waals surface area contributed by atoms with E-state index in [-0.39, 0.29) is 12.1 Å². The number of nitrogens with one attached hydrogen (secondary N) is 1. The van der Waals surface area contributed by atoms with Crippen LogP contribution in [0.1, 0.15) is 38.7 Å². The van der Waals surface area contributed by atoms with Crippen molar-refractivity contribution in [3.05, 3.63) is 23.9 Å². The Labute approximate surface area is 149 Å². The highest BCUT2D eigenvalue weighted by atomic mass is 16.2. The number of pyridine rings is 1. The smallest absolute Gasteiger partial charge is 0.317 e. The van der Waals surface area contributed by atoms with Crippen LogP contribution in [0.3, 0.4) is 0 Å². The third kappa shape index (κ3) is 4.41. The molecule has 0 saturated carbocycles. The van der Waals surface area contributed by atoms with Crippen LogP contribution in [0, 0.1) is 23.2 Å². The zero-order valence-electron chi connectivity index (χ0n) is 15.1. The maximum Gasteiger partial charge on any atom is 0.317 e. The van der Waals surface area contributed by atoms with Crippen LogP contribution >= 0.6 is 0 Å². The molecule has 3 heterocycles. The van der Waals surface area contributed by atoms with Crippen molar-refractivity contribution in [2.75, 3.05) is 31.1 Å². The number of likely N-dealkylation sites (tertiary alicyclic amines) is 1. The van der Waals surface area contributed by atoms with E-state index in [4.69, 9.17) is 5.26 Å². The van der Waals surface area contributed by atoms with E-state index in [1.54, 1.807) is 12.3 Å². The normalized spacial score (nSPS) is 24.7. The van der Waals surface area contributed by atoms with Crippen LogP contribution in [0.25, 0.3) is 0 Å². The van der Waals surface area contributed by atoms with Gasteiger partial charge in [0, 0.05) is 38.4 Å². The Kier molecular flexibility index (Phi) is 5.42. The predicted octanol–water partition coefficient (Wildman–Crippen LogP) is 2.61. The van der Waals surface area contributed by atoms with Crippen LogP contribution < -0.4 is 10.2 Å². The van der Waals surface area contributed by atoms with Gasteiger partial charge in [-0.2, -0.15) is 5.26 Å². The number of carbonyl (C=O) groups excluding carboxylic acids is 1. The fourth-order valence-corrected chi connectivity index (χ4v) is 3.99. The fourth-order valence-electron chi connectivity index (χ4n) is 3.99. The van der Waals surface area contributed by atoms with Gasteiger partial charge in [-0.05, 0) is 43.2 Å². The molecule has 2 aliphatic rings. The summed E-state index contributed by atoms with van der Waals surface area (Å²) >= 11 is 0. The lowest BCUT2D eigenvalue weighted by Crippen LogP contribution is -2.52. The van der Waals surface area contributed by atoms with Gasteiger partial charge in [0.15, 0.2) is 0 Å². The Morgan fingerprint density at radius 3 is 2.48 bits per heavy atom. The lowest BCUT2D eigenvalue weighted by atomic mass is 9.92. The number of amides is 2. The summed E-state index contributed by atoms with van der Waals surface area (Å²) in [4.78, 5) is 21.1. The summed E-state index contributed by atoms with van der Waals surface area (Å²) in [6, 6.07) is 6.11. The number of hydrogen-bond donors (Lipinski definition) is 1. The van der Waals surface area contributed by atoms with Gasteiger partial charge < -0.3 is 15.1 Å². The number of anilines is 1. The first kappa shape index (κ1) is 17.5. The quantitative estimate of drug-likeness (QED) is 0.897. The minimum atomic E-state index is 0.0911. The molecule has 6 heteroatoms. The largest absolute Gasteiger partial charge is 0.356 e. The van der Waals surface area contributed by atoms with E-state index >= 15 is 0 Å². The number of nitriles is 1. The molecule has 0 radical (unpaired) electrons. The van der Waals surface area contributed by atoms with Crippen molar-refractivity contribution < 1.29 is 4.79 Å². The van der Waals surface area contributed by atoms with Crippen molar-refractivity contribution in [2.45, 2.75) is 39.2 Å². The lowest BCUT2D eigenvalue weighted by molar-refractivity contribution is 0.142. The minimum Gasteiger partial charge on any atom is -0.356 e. The highest BCUT2D eigenvalue weighted by molar-refractivity contribution is 5.74. The third-order valence-corrected chi connectivity index (χ3v) is 5.18. The molecule has 0 unspecified atom stereocenters. The van der Waals surface area contributed by atoms with Crippen LogP contribution in [0.2, 0.25) is 0 Å². The number of piperidine rings is 2. The molecule has 2 atom stereocenters. The summed E-state index contributed by atoms with van der Waals surface area (Å²) in [6.07, 6.45) is 4.67. The summed E-state index contributed by atoms with van der Waals surface area (Å²) in [7, 11) is 0. The molecule has 1 aromatic heterocycles. The van der Waals surface area contributed by atoms with Gasteiger partial charge in [-0.15, -0.1) is 0 Å². The van der Waals surface area contributed by atoms with E-state index in [9.17, 15) is 4.79 Å². The first-order valence-corrected chi connectivity index (χ1v) is 9.21. The van der Waals surface area contributed by atoms with Gasteiger partial charge in [0.25, 0.3) is 0 Å². The van der Waals surface area contributed by atoms with Gasteiger partial charge in [0.1, 0.15) is 11.9 Å². The molecule has 2 amide bonds. The number of rotatable bonds is 2. The van der Waals surface area contributed by atoms with Gasteiger partial charge in [-0.25, -0.2) is 9.78 Å². The van der Waals surface area contributed by atoms with E-state index in [0.29, 0.717) is 17.4 Å². The molecular weight excluding hydrogens is 314 g/mol. The molecule has 2 saturated heterocycles. The molecule has 0 aromatic carbocycles. The average Bonchev–Trinajstić information content (AvgIpc) is 2.61. The molecule has 1 aromatic rings. The van der Waals surface area contributed by atoms with Crippen molar-refractivity contribution >= 4 is 11.8 Å². The third-order valence-electron chi connectivity index (χ3n) is 5.18. The first-order valence-electron chi connectivity index (χ1n) is 9.21. The van der Waals surface area contributed by atoms with Gasteiger partial charge >= 0.3 is 6.03 Å². The van der Waals surface area contributed by atoms with Gasteiger partial charge in [-0.3, -0.25) is 0 Å². The molecular formula is C19H27N5O. The zero-order chi connectivity index (χ0) is 17.8. The fraction of sp³-hybridized carbons (Fsp3) is 0.632. The SMILES string of the molecule is C[C@H]1C[C@H](C)CN(C(=O)NC2CCN(c3ccc(C#N)cn3)CC2)C1. The van der Waals surface area contributed by atoms with Crippen molar-refractivity contribution in [1.82, 2.24) is 15.2 Å². The molecule has 1 N–H and O–H groups in total. The summed E-state index contributed by atoms with van der Waals surface area (Å²) in [5, 5.41) is 12.1. The second-order valence-electron chi connectivity index (χ2n) is 7.58. The number of urea groups is 1. The molecule has 0 bridgehead atoms. The van der Waals surface area contributed by atoms with Crippen molar-refractivity contribution in [3.8, 4) is 6.07 Å². The predicted molar refractivity (Wildman–Crippen MR) is 97.2 cm³/mol. The van der Waals surface area contributed by atoms with Crippen molar-refractivity contribution in [3.63, 3.8) is 0 Å². The second-order valence-corrected chi connectivity index (χ2v) is 7.58. The van der Waals surface area contributed by atoms with Crippen molar-refractivity contribution in [2.24, 2.45) is 11.8 Å². The van der Waals surface area contributed by atoms with Gasteiger partial charge in [0.05, 0.1) is 5.56 Å². The Hall–Kier alpha value is -2.29. The zero-order valence-corrected chi connectivity index (χ0v) is 15.1. The second kappa shape index (κ2) is 7.73. The summed E-state index contributed by atoms with van der Waals surface area (Å²) in [5.41, 5.74) is 0.580. The van der Waals surface area contributed by atoms with E-state index in [2.05, 4.69) is 35.1 Å². The van der Waals surface area contributed by atoms with Crippen LogP contribution in [0.5, 0.6) is 0 Å². The Morgan fingerprint density at radius 1 is 1.24 bits per heavy atom. The Balaban J connectivity index is 1.48. The Morgan fingerprint density at radius 2 is 1.92 bits per heavy atom. The van der Waals surface area contributed by atoms with Crippen LogP contribution in [0.15, 0.2) is 18.3 Å². The molecule has 6 nitrogen and oxygen atoms in total. The Bertz CT molecular complexity index is 620. The summed E-state index contributed by atoms with van der Waals surface area (Å²) in [6.45, 7) is 7.92. The van der Waals surface area contributed by atoms with Crippen molar-refractivity contribution in [1.29, 1.82) is 5.26 Å². The number of carbonyl (C=O) groups is 1. The monoisotopic (exact) mass is 341 g/mol. The highest BCUT2D eigenvalue weighted by Gasteiger charge is 2.28.